The summed E-state index contributed by atoms with van der Waals surface area (Å²) in [7, 11) is -5.76. The molecule has 1 saturated carbocycles. The molecule has 1 aliphatic carbocycles. The van der Waals surface area contributed by atoms with Crippen molar-refractivity contribution in [2.75, 3.05) is 11.9 Å². The first-order chi connectivity index (χ1) is 21.1. The monoisotopic (exact) mass is 682 g/mol. The molecule has 1 aliphatic heterocycles. The van der Waals surface area contributed by atoms with Gasteiger partial charge in [-0.15, -0.1) is 22.7 Å². The van der Waals surface area contributed by atoms with Crippen LogP contribution < -0.4 is 10.6 Å². The maximum Gasteiger partial charge on any atom is 0.399 e. The lowest BCUT2D eigenvalue weighted by Crippen LogP contribution is -2.57. The second-order valence-electron chi connectivity index (χ2n) is 12.8. The Kier molecular flexibility index (Phi) is 9.55. The molecule has 2 aromatic heterocycles. The smallest absolute Gasteiger partial charge is 0.339 e. The molecule has 5 rings (SSSR count). The van der Waals surface area contributed by atoms with Gasteiger partial charge in [0.2, 0.25) is 11.8 Å². The molecule has 10 nitrogen and oxygen atoms in total. The minimum atomic E-state index is -5.76. The van der Waals surface area contributed by atoms with Crippen molar-refractivity contribution in [1.82, 2.24) is 15.2 Å². The minimum Gasteiger partial charge on any atom is -0.339 e. The number of nitrogens with zero attached hydrogens (tertiary/aromatic N) is 2. The number of carbonyl (C=O) groups excluding carboxylic acids is 3. The number of benzene rings is 1. The van der Waals surface area contributed by atoms with Crippen molar-refractivity contribution in [2.24, 2.45) is 5.41 Å². The van der Waals surface area contributed by atoms with Crippen molar-refractivity contribution in [3.8, 4) is 0 Å². The molecule has 0 radical (unpaired) electrons. The largest absolute Gasteiger partial charge is 0.399 e. The Labute approximate surface area is 267 Å². The lowest BCUT2D eigenvalue weighted by molar-refractivity contribution is -0.140. The molecule has 3 aromatic rings. The van der Waals surface area contributed by atoms with E-state index >= 15 is 0 Å². The van der Waals surface area contributed by atoms with E-state index in [2.05, 4.69) is 15.6 Å². The molecule has 1 saturated heterocycles. The zero-order chi connectivity index (χ0) is 32.7. The Balaban J connectivity index is 1.30. The van der Waals surface area contributed by atoms with E-state index in [0.29, 0.717) is 35.1 Å². The van der Waals surface area contributed by atoms with Crippen LogP contribution in [0.5, 0.6) is 0 Å². The highest BCUT2D eigenvalue weighted by molar-refractivity contribution is 7.52. The predicted molar refractivity (Wildman–Crippen MR) is 170 cm³/mol. The van der Waals surface area contributed by atoms with Crippen LogP contribution >= 0.6 is 30.3 Å². The number of thiazole rings is 1. The highest BCUT2D eigenvalue weighted by Gasteiger charge is 2.50. The fourth-order valence-electron chi connectivity index (χ4n) is 5.94. The van der Waals surface area contributed by atoms with E-state index in [9.17, 15) is 27.7 Å². The predicted octanol–water partition coefficient (Wildman–Crippen LogP) is 6.41. The topological polar surface area (TPSA) is 149 Å². The molecule has 2 atom stereocenters. The summed E-state index contributed by atoms with van der Waals surface area (Å²) in [6, 6.07) is 2.76. The van der Waals surface area contributed by atoms with Gasteiger partial charge in [0.1, 0.15) is 12.1 Å². The van der Waals surface area contributed by atoms with Crippen LogP contribution in [0.2, 0.25) is 0 Å². The summed E-state index contributed by atoms with van der Waals surface area (Å²) in [5.41, 5.74) is -5.99. The average molecular weight is 683 g/mol. The molecular formula is C30H37F2N4O6PS2. The van der Waals surface area contributed by atoms with Gasteiger partial charge in [0.05, 0.1) is 4.88 Å². The van der Waals surface area contributed by atoms with E-state index in [-0.39, 0.29) is 16.2 Å². The van der Waals surface area contributed by atoms with Gasteiger partial charge in [-0.05, 0) is 60.6 Å². The summed E-state index contributed by atoms with van der Waals surface area (Å²) in [6.07, 6.45) is 8.80. The number of aromatic nitrogens is 1. The van der Waals surface area contributed by atoms with Crippen molar-refractivity contribution < 1.29 is 37.5 Å². The van der Waals surface area contributed by atoms with Gasteiger partial charge >= 0.3 is 13.3 Å². The first kappa shape index (κ1) is 33.6. The number of anilines is 1. The standard InChI is InChI=1S/C30H37F2N4O6PS2/c1-29(2,3)24(34-26(38)22-15-18-14-19(11-12-21(18)44-22)30(31,32)43(40,41)42)27(39)36-13-7-10-20(36)25(37)35-28-33-16-23(45-28)17-8-5-4-6-9-17/h11-12,14-17,20,24H,4-10,13H2,1-3H3,(H,34,38)(H,33,35,37)(H2,40,41,42)/t20-,24?/m0/s1. The number of alkyl halides is 2. The Bertz CT molecular complexity index is 1640. The molecule has 1 aromatic carbocycles. The molecule has 2 fully saturated rings. The Morgan fingerprint density at radius 3 is 2.42 bits per heavy atom. The summed E-state index contributed by atoms with van der Waals surface area (Å²) < 4.78 is 40.3. The van der Waals surface area contributed by atoms with Crippen molar-refractivity contribution in [2.45, 2.75) is 89.4 Å². The molecule has 3 heterocycles. The molecule has 45 heavy (non-hydrogen) atoms. The highest BCUT2D eigenvalue weighted by Crippen LogP contribution is 2.59. The molecule has 1 unspecified atom stereocenters. The van der Waals surface area contributed by atoms with Gasteiger partial charge in [-0.2, -0.15) is 8.78 Å². The lowest BCUT2D eigenvalue weighted by atomic mass is 9.85. The maximum atomic E-state index is 14.3. The third-order valence-electron chi connectivity index (χ3n) is 8.44. The van der Waals surface area contributed by atoms with Crippen molar-refractivity contribution in [1.29, 1.82) is 0 Å². The molecule has 3 amide bonds. The molecule has 4 N–H and O–H groups in total. The summed E-state index contributed by atoms with van der Waals surface area (Å²) in [6.45, 7) is 5.74. The fourth-order valence-corrected chi connectivity index (χ4v) is 8.35. The number of likely N-dealkylation sites (tertiary alicyclic amines) is 1. The molecule has 2 aliphatic rings. The van der Waals surface area contributed by atoms with Crippen LogP contribution in [0.4, 0.5) is 13.9 Å². The first-order valence-electron chi connectivity index (χ1n) is 14.9. The molecular weight excluding hydrogens is 645 g/mol. The second kappa shape index (κ2) is 12.8. The van der Waals surface area contributed by atoms with Crippen molar-refractivity contribution in [3.05, 3.63) is 45.8 Å². The Hall–Kier alpha value is -2.77. The highest BCUT2D eigenvalue weighted by atomic mass is 32.1. The van der Waals surface area contributed by atoms with E-state index < -0.39 is 48.1 Å². The van der Waals surface area contributed by atoms with Gasteiger partial charge in [0.25, 0.3) is 5.91 Å². The SMILES string of the molecule is CC(C)(C)C(NC(=O)c1cc2cc(C(F)(F)P(=O)(O)O)ccc2s1)C(=O)N1CCC[C@H]1C(=O)Nc1ncc(C2CCCCC2)s1. The third-order valence-corrected chi connectivity index (χ3v) is 11.6. The molecule has 0 spiro atoms. The van der Waals surface area contributed by atoms with Gasteiger partial charge in [-0.25, -0.2) is 4.98 Å². The Morgan fingerprint density at radius 1 is 1.04 bits per heavy atom. The lowest BCUT2D eigenvalue weighted by Gasteiger charge is -2.35. The van der Waals surface area contributed by atoms with Gasteiger partial charge in [-0.3, -0.25) is 18.9 Å². The van der Waals surface area contributed by atoms with E-state index in [1.165, 1.54) is 47.6 Å². The number of rotatable bonds is 8. The van der Waals surface area contributed by atoms with Crippen LogP contribution in [0, 0.1) is 5.41 Å². The van der Waals surface area contributed by atoms with Crippen LogP contribution in [0.1, 0.15) is 91.7 Å². The number of amides is 3. The van der Waals surface area contributed by atoms with Crippen LogP contribution in [-0.4, -0.2) is 56.0 Å². The second-order valence-corrected chi connectivity index (χ2v) is 16.6. The molecule has 0 bridgehead atoms. The van der Waals surface area contributed by atoms with Gasteiger partial charge in [-0.1, -0.05) is 46.1 Å². The summed E-state index contributed by atoms with van der Waals surface area (Å²) >= 11 is 2.48. The average Bonchev–Trinajstić information content (AvgIpc) is 3.74. The summed E-state index contributed by atoms with van der Waals surface area (Å²) in [5.74, 6) is -0.866. The minimum absolute atomic E-state index is 0.136. The van der Waals surface area contributed by atoms with E-state index in [1.54, 1.807) is 20.8 Å². The number of hydrogen-bond acceptors (Lipinski definition) is 7. The summed E-state index contributed by atoms with van der Waals surface area (Å²) in [4.78, 5) is 66.1. The quantitative estimate of drug-likeness (QED) is 0.201. The number of fused-ring (bicyclic) bond motifs is 1. The van der Waals surface area contributed by atoms with Crippen LogP contribution in [0.15, 0.2) is 30.5 Å². The van der Waals surface area contributed by atoms with Crippen LogP contribution in [0.25, 0.3) is 10.1 Å². The summed E-state index contributed by atoms with van der Waals surface area (Å²) in [5, 5.41) is 6.41. The zero-order valence-electron chi connectivity index (χ0n) is 25.2. The van der Waals surface area contributed by atoms with Crippen LogP contribution in [0.3, 0.4) is 0 Å². The third kappa shape index (κ3) is 7.15. The molecule has 244 valence electrons. The molecule has 15 heteroatoms. The number of nitrogens with one attached hydrogen (secondary N) is 2. The maximum absolute atomic E-state index is 14.3. The van der Waals surface area contributed by atoms with Gasteiger partial charge in [0.15, 0.2) is 5.13 Å². The number of thiophene rings is 1. The fraction of sp³-hybridized carbons (Fsp3) is 0.533. The number of carbonyl (C=O) groups is 3. The Morgan fingerprint density at radius 2 is 1.76 bits per heavy atom. The van der Waals surface area contributed by atoms with E-state index in [4.69, 9.17) is 9.79 Å². The number of halogens is 2. The first-order valence-corrected chi connectivity index (χ1v) is 18.2. The van der Waals surface area contributed by atoms with Crippen LogP contribution in [-0.2, 0) is 19.8 Å². The van der Waals surface area contributed by atoms with Crippen molar-refractivity contribution in [3.63, 3.8) is 0 Å². The van der Waals surface area contributed by atoms with E-state index in [0.717, 1.165) is 41.2 Å². The van der Waals surface area contributed by atoms with E-state index in [1.807, 2.05) is 6.20 Å². The number of hydrogen-bond donors (Lipinski definition) is 4. The van der Waals surface area contributed by atoms with Crippen molar-refractivity contribution >= 4 is 63.2 Å². The normalized spacial score (nSPS) is 19.1. The zero-order valence-corrected chi connectivity index (χ0v) is 27.7. The van der Waals surface area contributed by atoms with Gasteiger partial charge in [0, 0.05) is 27.9 Å². The van der Waals surface area contributed by atoms with Gasteiger partial charge < -0.3 is 25.3 Å².